The van der Waals surface area contributed by atoms with Crippen LogP contribution in [0.2, 0.25) is 0 Å². The monoisotopic (exact) mass is 417 g/mol. The van der Waals surface area contributed by atoms with Gasteiger partial charge in [0, 0.05) is 37.0 Å². The second-order valence-corrected chi connectivity index (χ2v) is 7.12. The average Bonchev–Trinajstić information content (AvgIpc) is 2.97. The van der Waals surface area contributed by atoms with Gasteiger partial charge in [0.1, 0.15) is 17.0 Å². The van der Waals surface area contributed by atoms with Crippen LogP contribution in [0.25, 0.3) is 5.57 Å². The number of pyridine rings is 2. The van der Waals surface area contributed by atoms with Gasteiger partial charge in [0.15, 0.2) is 0 Å². The van der Waals surface area contributed by atoms with Crippen molar-refractivity contribution in [2.75, 3.05) is 12.4 Å². The fraction of sp³-hybridized carbons (Fsp3) is 0.300. The van der Waals surface area contributed by atoms with Gasteiger partial charge in [-0.25, -0.2) is 4.98 Å². The summed E-state index contributed by atoms with van der Waals surface area (Å²) in [6, 6.07) is 6.31. The highest BCUT2D eigenvalue weighted by atomic mass is 19.3. The molecule has 0 radical (unpaired) electrons. The van der Waals surface area contributed by atoms with Crippen molar-refractivity contribution < 1.29 is 23.0 Å². The van der Waals surface area contributed by atoms with Crippen LogP contribution in [-0.4, -0.2) is 41.3 Å². The first kappa shape index (κ1) is 21.2. The number of aromatic nitrogens is 2. The number of carbonyl (C=O) groups is 1. The Morgan fingerprint density at radius 3 is 2.80 bits per heavy atom. The summed E-state index contributed by atoms with van der Waals surface area (Å²) in [5.41, 5.74) is 0.847. The Bertz CT molecular complexity index is 1010. The van der Waals surface area contributed by atoms with E-state index >= 15 is 0 Å². The molecule has 0 unspecified atom stereocenters. The first-order valence-electron chi connectivity index (χ1n) is 9.07. The molecule has 8 nitrogen and oxygen atoms in total. The largest absolute Gasteiger partial charge is 0.471 e. The number of anilines is 1. The third-order valence-electron chi connectivity index (χ3n) is 4.20. The molecular formula is C20H21F2N5O3. The number of halogens is 2. The predicted molar refractivity (Wildman–Crippen MR) is 107 cm³/mol. The maximum atomic E-state index is 12.9. The van der Waals surface area contributed by atoms with Crippen LogP contribution in [0.5, 0.6) is 11.8 Å². The van der Waals surface area contributed by atoms with Gasteiger partial charge in [0.2, 0.25) is 11.8 Å². The number of allylic oxidation sites excluding steroid dienone is 1. The first-order chi connectivity index (χ1) is 14.2. The van der Waals surface area contributed by atoms with Crippen LogP contribution in [0.3, 0.4) is 0 Å². The van der Waals surface area contributed by atoms with Gasteiger partial charge >= 0.3 is 6.61 Å². The molecule has 0 atom stereocenters. The third-order valence-corrected chi connectivity index (χ3v) is 4.20. The summed E-state index contributed by atoms with van der Waals surface area (Å²) in [6.45, 7) is 0.508. The van der Waals surface area contributed by atoms with Crippen LogP contribution in [-0.2, 0) is 6.42 Å². The molecule has 0 spiro atoms. The van der Waals surface area contributed by atoms with E-state index in [9.17, 15) is 13.6 Å². The van der Waals surface area contributed by atoms with E-state index in [1.807, 2.05) is 13.8 Å². The van der Waals surface area contributed by atoms with Crippen molar-refractivity contribution in [2.24, 2.45) is 0 Å². The number of carbonyl (C=O) groups excluding carboxylic acids is 1. The minimum absolute atomic E-state index is 0.152. The molecule has 0 aromatic carbocycles. The Labute approximate surface area is 171 Å². The number of nitrogens with one attached hydrogen (secondary N) is 3. The summed E-state index contributed by atoms with van der Waals surface area (Å²) in [5.74, 6) is -0.878. The van der Waals surface area contributed by atoms with E-state index in [0.29, 0.717) is 23.3 Å². The molecule has 158 valence electrons. The number of ether oxygens (including phenoxy) is 2. The summed E-state index contributed by atoms with van der Waals surface area (Å²) in [5, 5.41) is 12.9. The lowest BCUT2D eigenvalue weighted by Gasteiger charge is -2.16. The second-order valence-electron chi connectivity index (χ2n) is 7.12. The molecule has 0 aliphatic carbocycles. The van der Waals surface area contributed by atoms with Crippen LogP contribution < -0.4 is 20.1 Å². The Hall–Kier alpha value is -3.56. The smallest absolute Gasteiger partial charge is 0.388 e. The van der Waals surface area contributed by atoms with Gasteiger partial charge in [-0.05, 0) is 32.0 Å². The first-order valence-corrected chi connectivity index (χ1v) is 9.07. The summed E-state index contributed by atoms with van der Waals surface area (Å²) in [6.07, 6.45) is 3.17. The van der Waals surface area contributed by atoms with Crippen molar-refractivity contribution in [3.05, 3.63) is 47.3 Å². The zero-order valence-electron chi connectivity index (χ0n) is 16.6. The van der Waals surface area contributed by atoms with Gasteiger partial charge in [-0.1, -0.05) is 6.07 Å². The molecule has 30 heavy (non-hydrogen) atoms. The lowest BCUT2D eigenvalue weighted by molar-refractivity contribution is -0.0534. The van der Waals surface area contributed by atoms with E-state index in [4.69, 9.17) is 10.1 Å². The summed E-state index contributed by atoms with van der Waals surface area (Å²) in [4.78, 5) is 21.1. The van der Waals surface area contributed by atoms with E-state index in [2.05, 4.69) is 25.3 Å². The number of alkyl halides is 2. The Balaban J connectivity index is 1.92. The van der Waals surface area contributed by atoms with E-state index in [0.717, 1.165) is 6.21 Å². The number of nitrogens with zero attached hydrogens (tertiary/aromatic N) is 2. The number of rotatable bonds is 7. The molecule has 10 heteroatoms. The SMILES string of the molecule is CN/C=C(\C=N)c1cccc(NC(=O)c2cc3c(nc2OC(F)F)OC(C)(C)C3)n1. The Morgan fingerprint density at radius 2 is 2.13 bits per heavy atom. The minimum Gasteiger partial charge on any atom is -0.471 e. The second kappa shape index (κ2) is 8.44. The molecule has 3 heterocycles. The van der Waals surface area contributed by atoms with Crippen molar-refractivity contribution in [1.29, 1.82) is 5.41 Å². The van der Waals surface area contributed by atoms with Gasteiger partial charge in [-0.3, -0.25) is 4.79 Å². The molecule has 2 aromatic rings. The Kier molecular flexibility index (Phi) is 5.95. The zero-order valence-corrected chi connectivity index (χ0v) is 16.6. The molecule has 0 saturated carbocycles. The number of fused-ring (bicyclic) bond motifs is 1. The Morgan fingerprint density at radius 1 is 1.37 bits per heavy atom. The molecule has 0 saturated heterocycles. The highest BCUT2D eigenvalue weighted by molar-refractivity contribution is 6.08. The normalized spacial score (nSPS) is 14.7. The summed E-state index contributed by atoms with van der Waals surface area (Å²) < 4.78 is 35.8. The molecule has 2 aromatic heterocycles. The lowest BCUT2D eigenvalue weighted by Crippen LogP contribution is -2.24. The molecule has 3 N–H and O–H groups in total. The zero-order chi connectivity index (χ0) is 21.9. The topological polar surface area (TPSA) is 109 Å². The predicted octanol–water partition coefficient (Wildman–Crippen LogP) is 3.25. The lowest BCUT2D eigenvalue weighted by atomic mass is 10.0. The molecule has 0 fully saturated rings. The van der Waals surface area contributed by atoms with Crippen molar-refractivity contribution in [2.45, 2.75) is 32.5 Å². The van der Waals surface area contributed by atoms with Crippen molar-refractivity contribution in [3.63, 3.8) is 0 Å². The van der Waals surface area contributed by atoms with Crippen LogP contribution >= 0.6 is 0 Å². The van der Waals surface area contributed by atoms with Crippen molar-refractivity contribution in [3.8, 4) is 11.8 Å². The van der Waals surface area contributed by atoms with E-state index < -0.39 is 24.0 Å². The average molecular weight is 417 g/mol. The maximum absolute atomic E-state index is 12.9. The van der Waals surface area contributed by atoms with Crippen LogP contribution in [0.1, 0.15) is 35.5 Å². The maximum Gasteiger partial charge on any atom is 0.388 e. The quantitative estimate of drug-likeness (QED) is 0.597. The van der Waals surface area contributed by atoms with Crippen LogP contribution in [0.4, 0.5) is 14.6 Å². The van der Waals surface area contributed by atoms with E-state index in [1.54, 1.807) is 31.4 Å². The van der Waals surface area contributed by atoms with Gasteiger partial charge < -0.3 is 25.5 Å². The fourth-order valence-electron chi connectivity index (χ4n) is 3.02. The molecular weight excluding hydrogens is 396 g/mol. The van der Waals surface area contributed by atoms with E-state index in [1.165, 1.54) is 6.07 Å². The van der Waals surface area contributed by atoms with Gasteiger partial charge in [0.05, 0.1) is 5.69 Å². The standard InChI is InChI=1S/C20H21F2N5O3/c1-20(2)8-11-7-13(18(29-19(21)22)27-17(11)30-20)16(28)26-15-6-4-5-14(25-15)12(9-23)10-24-3/h4-7,9-10,19,23-24H,8H2,1-3H3,(H,25,26,28)/b12-10+,23-9?. The van der Waals surface area contributed by atoms with Crippen LogP contribution in [0.15, 0.2) is 30.5 Å². The highest BCUT2D eigenvalue weighted by Gasteiger charge is 2.34. The molecule has 3 rings (SSSR count). The van der Waals surface area contributed by atoms with Gasteiger partial charge in [-0.15, -0.1) is 0 Å². The van der Waals surface area contributed by atoms with Crippen LogP contribution in [0, 0.1) is 5.41 Å². The van der Waals surface area contributed by atoms with Crippen molar-refractivity contribution in [1.82, 2.24) is 15.3 Å². The minimum atomic E-state index is -3.15. The molecule has 1 aliphatic rings. The van der Waals surface area contributed by atoms with E-state index in [-0.39, 0.29) is 17.3 Å². The molecule has 1 aliphatic heterocycles. The van der Waals surface area contributed by atoms with Gasteiger partial charge in [0.25, 0.3) is 5.91 Å². The van der Waals surface area contributed by atoms with Gasteiger partial charge in [-0.2, -0.15) is 13.8 Å². The third kappa shape index (κ3) is 4.70. The summed E-state index contributed by atoms with van der Waals surface area (Å²) >= 11 is 0. The number of hydrogen-bond donors (Lipinski definition) is 3. The van der Waals surface area contributed by atoms with Crippen molar-refractivity contribution >= 4 is 23.5 Å². The highest BCUT2D eigenvalue weighted by Crippen LogP contribution is 2.37. The summed E-state index contributed by atoms with van der Waals surface area (Å²) in [7, 11) is 1.69. The molecule has 1 amide bonds. The number of amides is 1. The molecule has 0 bridgehead atoms. The number of hydrogen-bond acceptors (Lipinski definition) is 7. The fourth-order valence-corrected chi connectivity index (χ4v) is 3.02.